The first-order valence-electron chi connectivity index (χ1n) is 5.41. The maximum absolute atomic E-state index is 4.50. The number of pyridine rings is 2. The first kappa shape index (κ1) is 9.97. The van der Waals surface area contributed by atoms with Crippen LogP contribution >= 0.6 is 15.9 Å². The molecule has 3 heteroatoms. The third-order valence-corrected chi connectivity index (χ3v) is 3.42. The number of rotatable bonds is 2. The van der Waals surface area contributed by atoms with Crippen molar-refractivity contribution >= 4 is 15.9 Å². The Kier molecular flexibility index (Phi) is 2.48. The van der Waals surface area contributed by atoms with Gasteiger partial charge < -0.3 is 0 Å². The fraction of sp³-hybridized carbons (Fsp3) is 0.231. The number of aromatic nitrogens is 2. The molecule has 0 amide bonds. The number of hydrogen-bond acceptors (Lipinski definition) is 2. The van der Waals surface area contributed by atoms with E-state index in [-0.39, 0.29) is 0 Å². The molecule has 0 aromatic carbocycles. The second-order valence-electron chi connectivity index (χ2n) is 4.09. The summed E-state index contributed by atoms with van der Waals surface area (Å²) in [7, 11) is 0. The molecular formula is C13H11BrN2. The summed E-state index contributed by atoms with van der Waals surface area (Å²) in [5, 5.41) is 0. The van der Waals surface area contributed by atoms with Crippen molar-refractivity contribution in [2.45, 2.75) is 18.8 Å². The van der Waals surface area contributed by atoms with Crippen molar-refractivity contribution < 1.29 is 0 Å². The third-order valence-electron chi connectivity index (χ3n) is 2.82. The van der Waals surface area contributed by atoms with Crippen LogP contribution in [-0.4, -0.2) is 9.97 Å². The molecule has 0 unspecified atom stereocenters. The molecule has 0 spiro atoms. The highest BCUT2D eigenvalue weighted by Gasteiger charge is 2.24. The van der Waals surface area contributed by atoms with Crippen molar-refractivity contribution in [2.24, 2.45) is 0 Å². The van der Waals surface area contributed by atoms with Crippen molar-refractivity contribution in [3.8, 4) is 11.4 Å². The molecule has 2 aromatic rings. The monoisotopic (exact) mass is 274 g/mol. The summed E-state index contributed by atoms with van der Waals surface area (Å²) in [4.78, 5) is 8.81. The first-order valence-corrected chi connectivity index (χ1v) is 6.21. The van der Waals surface area contributed by atoms with E-state index in [0.29, 0.717) is 0 Å². The minimum Gasteiger partial charge on any atom is -0.255 e. The standard InChI is InChI=1S/C13H11BrN2/c14-11-7-10(9-4-5-9)8-16-13(11)12-3-1-2-6-15-12/h1-3,6-9H,4-5H2. The van der Waals surface area contributed by atoms with E-state index in [1.807, 2.05) is 24.4 Å². The minimum absolute atomic E-state index is 0.738. The Labute approximate surface area is 103 Å². The molecule has 2 aromatic heterocycles. The Bertz CT molecular complexity index is 507. The van der Waals surface area contributed by atoms with Crippen molar-refractivity contribution in [3.05, 3.63) is 46.7 Å². The van der Waals surface area contributed by atoms with Crippen LogP contribution in [0.15, 0.2) is 41.1 Å². The van der Waals surface area contributed by atoms with Crippen LogP contribution in [0.4, 0.5) is 0 Å². The normalized spacial score (nSPS) is 15.1. The van der Waals surface area contributed by atoms with Gasteiger partial charge in [0, 0.05) is 16.9 Å². The van der Waals surface area contributed by atoms with Gasteiger partial charge >= 0.3 is 0 Å². The van der Waals surface area contributed by atoms with Gasteiger partial charge in [-0.25, -0.2) is 0 Å². The van der Waals surface area contributed by atoms with Gasteiger partial charge in [0.2, 0.25) is 0 Å². The van der Waals surface area contributed by atoms with Crippen molar-refractivity contribution in [1.29, 1.82) is 0 Å². The highest BCUT2D eigenvalue weighted by atomic mass is 79.9. The topological polar surface area (TPSA) is 25.8 Å². The average Bonchev–Trinajstić information content (AvgIpc) is 3.14. The van der Waals surface area contributed by atoms with Gasteiger partial charge in [0.25, 0.3) is 0 Å². The summed E-state index contributed by atoms with van der Waals surface area (Å²) < 4.78 is 1.04. The number of hydrogen-bond donors (Lipinski definition) is 0. The molecule has 1 fully saturated rings. The van der Waals surface area contributed by atoms with Gasteiger partial charge in [-0.2, -0.15) is 0 Å². The molecule has 0 aliphatic heterocycles. The summed E-state index contributed by atoms with van der Waals surface area (Å²) in [6, 6.07) is 8.04. The van der Waals surface area contributed by atoms with Crippen LogP contribution in [0.2, 0.25) is 0 Å². The second-order valence-corrected chi connectivity index (χ2v) is 4.94. The van der Waals surface area contributed by atoms with E-state index in [9.17, 15) is 0 Å². The number of halogens is 1. The van der Waals surface area contributed by atoms with Crippen LogP contribution in [0, 0.1) is 0 Å². The summed E-state index contributed by atoms with van der Waals surface area (Å²) in [6.45, 7) is 0. The molecule has 1 saturated carbocycles. The highest BCUT2D eigenvalue weighted by molar-refractivity contribution is 9.10. The summed E-state index contributed by atoms with van der Waals surface area (Å²) in [5.41, 5.74) is 3.17. The van der Waals surface area contributed by atoms with E-state index in [4.69, 9.17) is 0 Å². The third kappa shape index (κ3) is 1.87. The molecule has 1 aliphatic rings. The molecule has 0 N–H and O–H groups in total. The highest BCUT2D eigenvalue weighted by Crippen LogP contribution is 2.41. The van der Waals surface area contributed by atoms with Gasteiger partial charge in [-0.3, -0.25) is 9.97 Å². The van der Waals surface area contributed by atoms with Gasteiger partial charge in [-0.1, -0.05) is 6.07 Å². The van der Waals surface area contributed by atoms with E-state index in [1.165, 1.54) is 18.4 Å². The minimum atomic E-state index is 0.738. The lowest BCUT2D eigenvalue weighted by Gasteiger charge is -2.04. The smallest absolute Gasteiger partial charge is 0.103 e. The Hall–Kier alpha value is -1.22. The van der Waals surface area contributed by atoms with Gasteiger partial charge in [0.15, 0.2) is 0 Å². The Balaban J connectivity index is 2.02. The van der Waals surface area contributed by atoms with E-state index in [0.717, 1.165) is 21.8 Å². The summed E-state index contributed by atoms with van der Waals surface area (Å²) in [5.74, 6) is 0.738. The maximum atomic E-state index is 4.50. The van der Waals surface area contributed by atoms with Crippen LogP contribution in [0.3, 0.4) is 0 Å². The molecule has 3 rings (SSSR count). The van der Waals surface area contributed by atoms with Crippen LogP contribution in [0.5, 0.6) is 0 Å². The predicted octanol–water partition coefficient (Wildman–Crippen LogP) is 3.78. The van der Waals surface area contributed by atoms with Crippen LogP contribution < -0.4 is 0 Å². The fourth-order valence-electron chi connectivity index (χ4n) is 1.78. The lowest BCUT2D eigenvalue weighted by molar-refractivity contribution is 1.08. The molecule has 0 saturated heterocycles. The zero-order valence-corrected chi connectivity index (χ0v) is 10.3. The van der Waals surface area contributed by atoms with Crippen LogP contribution in [0.1, 0.15) is 24.3 Å². The van der Waals surface area contributed by atoms with Crippen LogP contribution in [0.25, 0.3) is 11.4 Å². The molecule has 1 aliphatic carbocycles. The van der Waals surface area contributed by atoms with Gasteiger partial charge in [-0.05, 0) is 58.5 Å². The first-order chi connectivity index (χ1) is 7.84. The zero-order valence-electron chi connectivity index (χ0n) is 8.73. The lowest BCUT2D eigenvalue weighted by Crippen LogP contribution is -1.90. The number of nitrogens with zero attached hydrogens (tertiary/aromatic N) is 2. The van der Waals surface area contributed by atoms with Gasteiger partial charge in [-0.15, -0.1) is 0 Å². The summed E-state index contributed by atoms with van der Waals surface area (Å²) >= 11 is 3.58. The molecule has 0 bridgehead atoms. The maximum Gasteiger partial charge on any atom is 0.103 e. The van der Waals surface area contributed by atoms with E-state index in [2.05, 4.69) is 32.0 Å². The quantitative estimate of drug-likeness (QED) is 0.833. The predicted molar refractivity (Wildman–Crippen MR) is 67.1 cm³/mol. The van der Waals surface area contributed by atoms with E-state index >= 15 is 0 Å². The molecular weight excluding hydrogens is 264 g/mol. The van der Waals surface area contributed by atoms with Gasteiger partial charge in [0.05, 0.1) is 5.69 Å². The Morgan fingerprint density at radius 1 is 1.19 bits per heavy atom. The molecule has 16 heavy (non-hydrogen) atoms. The molecule has 2 heterocycles. The molecule has 0 radical (unpaired) electrons. The van der Waals surface area contributed by atoms with Crippen molar-refractivity contribution in [1.82, 2.24) is 9.97 Å². The van der Waals surface area contributed by atoms with Crippen LogP contribution in [-0.2, 0) is 0 Å². The van der Waals surface area contributed by atoms with Gasteiger partial charge in [0.1, 0.15) is 5.69 Å². The Morgan fingerprint density at radius 3 is 2.69 bits per heavy atom. The largest absolute Gasteiger partial charge is 0.255 e. The average molecular weight is 275 g/mol. The molecule has 2 nitrogen and oxygen atoms in total. The lowest BCUT2D eigenvalue weighted by atomic mass is 10.1. The van der Waals surface area contributed by atoms with E-state index in [1.54, 1.807) is 6.20 Å². The van der Waals surface area contributed by atoms with Crippen molar-refractivity contribution in [3.63, 3.8) is 0 Å². The second kappa shape index (κ2) is 3.98. The fourth-order valence-corrected chi connectivity index (χ4v) is 2.35. The SMILES string of the molecule is Brc1cc(C2CC2)cnc1-c1ccccn1. The molecule has 0 atom stereocenters. The van der Waals surface area contributed by atoms with Crippen molar-refractivity contribution in [2.75, 3.05) is 0 Å². The summed E-state index contributed by atoms with van der Waals surface area (Å²) in [6.07, 6.45) is 6.37. The zero-order chi connectivity index (χ0) is 11.0. The van der Waals surface area contributed by atoms with E-state index < -0.39 is 0 Å². The molecule has 80 valence electrons. The Morgan fingerprint density at radius 2 is 2.06 bits per heavy atom.